The van der Waals surface area contributed by atoms with Gasteiger partial charge in [0, 0.05) is 30.6 Å². The van der Waals surface area contributed by atoms with Crippen LogP contribution in [0.5, 0.6) is 0 Å². The number of carbonyl (C=O) groups excluding carboxylic acids is 1. The molecule has 3 heterocycles. The Balaban J connectivity index is 1.51. The number of carbonyl (C=O) groups is 1. The van der Waals surface area contributed by atoms with Gasteiger partial charge in [0.25, 0.3) is 0 Å². The predicted molar refractivity (Wildman–Crippen MR) is 95.4 cm³/mol. The minimum Gasteiger partial charge on any atom is -0.334 e. The highest BCUT2D eigenvalue weighted by Crippen LogP contribution is 2.34. The largest absolute Gasteiger partial charge is 0.334 e. The summed E-state index contributed by atoms with van der Waals surface area (Å²) >= 11 is 1.72. The van der Waals surface area contributed by atoms with E-state index in [9.17, 15) is 13.2 Å². The van der Waals surface area contributed by atoms with E-state index in [2.05, 4.69) is 21.1 Å². The molecular formula is C16H25N3O3S2. The van der Waals surface area contributed by atoms with Gasteiger partial charge in [0.1, 0.15) is 0 Å². The first-order valence-corrected chi connectivity index (χ1v) is 11.2. The maximum absolute atomic E-state index is 12.7. The van der Waals surface area contributed by atoms with Gasteiger partial charge in [0.15, 0.2) is 0 Å². The molecule has 1 aromatic rings. The molecule has 2 fully saturated rings. The van der Waals surface area contributed by atoms with Crippen molar-refractivity contribution in [2.45, 2.75) is 37.8 Å². The van der Waals surface area contributed by atoms with Crippen LogP contribution in [-0.2, 0) is 14.8 Å². The van der Waals surface area contributed by atoms with E-state index in [1.807, 2.05) is 11.0 Å². The number of sulfonamides is 1. The van der Waals surface area contributed by atoms with E-state index in [0.717, 1.165) is 45.3 Å². The second-order valence-corrected chi connectivity index (χ2v) is 9.46. The lowest BCUT2D eigenvalue weighted by Gasteiger charge is -2.33. The molecule has 134 valence electrons. The van der Waals surface area contributed by atoms with Gasteiger partial charge in [-0.15, -0.1) is 11.3 Å². The molecule has 1 unspecified atom stereocenters. The number of nitrogens with one attached hydrogen (secondary N) is 1. The van der Waals surface area contributed by atoms with Crippen LogP contribution in [0.4, 0.5) is 0 Å². The molecule has 0 saturated carbocycles. The Bertz CT molecular complexity index is 652. The molecule has 0 bridgehead atoms. The number of hydrogen-bond donors (Lipinski definition) is 1. The number of likely N-dealkylation sites (tertiary alicyclic amines) is 2. The molecule has 2 saturated heterocycles. The van der Waals surface area contributed by atoms with Crippen molar-refractivity contribution in [3.63, 3.8) is 0 Å². The fourth-order valence-electron chi connectivity index (χ4n) is 3.64. The van der Waals surface area contributed by atoms with Gasteiger partial charge in [0.05, 0.1) is 18.8 Å². The first-order chi connectivity index (χ1) is 11.4. The number of hydrogen-bond acceptors (Lipinski definition) is 5. The monoisotopic (exact) mass is 371 g/mol. The summed E-state index contributed by atoms with van der Waals surface area (Å²) in [6.45, 7) is 2.80. The Hall–Kier alpha value is -0.960. The predicted octanol–water partition coefficient (Wildman–Crippen LogP) is 1.43. The third-order valence-electron chi connectivity index (χ3n) is 4.77. The van der Waals surface area contributed by atoms with Crippen LogP contribution in [0.3, 0.4) is 0 Å². The minimum atomic E-state index is -3.15. The average molecular weight is 372 g/mol. The normalized spacial score (nSPS) is 23.7. The summed E-state index contributed by atoms with van der Waals surface area (Å²) in [7, 11) is -3.15. The molecule has 1 amide bonds. The summed E-state index contributed by atoms with van der Waals surface area (Å²) in [5.74, 6) is 0.195. The van der Waals surface area contributed by atoms with E-state index < -0.39 is 10.0 Å². The Morgan fingerprint density at radius 3 is 2.67 bits per heavy atom. The maximum atomic E-state index is 12.7. The molecule has 6 nitrogen and oxygen atoms in total. The molecular weight excluding hydrogens is 346 g/mol. The topological polar surface area (TPSA) is 69.7 Å². The van der Waals surface area contributed by atoms with Crippen LogP contribution in [0.2, 0.25) is 0 Å². The van der Waals surface area contributed by atoms with Crippen molar-refractivity contribution in [2.75, 3.05) is 32.4 Å². The van der Waals surface area contributed by atoms with Gasteiger partial charge < -0.3 is 4.90 Å². The second-order valence-electron chi connectivity index (χ2n) is 6.70. The van der Waals surface area contributed by atoms with E-state index in [4.69, 9.17) is 0 Å². The highest BCUT2D eigenvalue weighted by atomic mass is 32.2. The quantitative estimate of drug-likeness (QED) is 0.850. The Morgan fingerprint density at radius 1 is 1.29 bits per heavy atom. The Labute approximate surface area is 147 Å². The lowest BCUT2D eigenvalue weighted by molar-refractivity contribution is -0.133. The summed E-state index contributed by atoms with van der Waals surface area (Å²) in [6.07, 6.45) is 4.83. The SMILES string of the molecule is CS(=O)(=O)NC1CCN(CC(=O)N2CCCC2c2cccs2)CC1. The molecule has 1 N–H and O–H groups in total. The van der Waals surface area contributed by atoms with Crippen LogP contribution >= 0.6 is 11.3 Å². The molecule has 24 heavy (non-hydrogen) atoms. The van der Waals surface area contributed by atoms with Crippen LogP contribution in [0.1, 0.15) is 36.6 Å². The first-order valence-electron chi connectivity index (χ1n) is 8.45. The van der Waals surface area contributed by atoms with Crippen molar-refractivity contribution in [2.24, 2.45) is 0 Å². The van der Waals surface area contributed by atoms with Crippen LogP contribution < -0.4 is 4.72 Å². The Kier molecular flexibility index (Phi) is 5.59. The van der Waals surface area contributed by atoms with Crippen LogP contribution in [-0.4, -0.2) is 62.6 Å². The van der Waals surface area contributed by atoms with E-state index in [1.54, 1.807) is 11.3 Å². The van der Waals surface area contributed by atoms with Crippen molar-refractivity contribution in [3.05, 3.63) is 22.4 Å². The number of rotatable bonds is 5. The maximum Gasteiger partial charge on any atom is 0.237 e. The van der Waals surface area contributed by atoms with Gasteiger partial charge in [-0.3, -0.25) is 9.69 Å². The van der Waals surface area contributed by atoms with E-state index >= 15 is 0 Å². The summed E-state index contributed by atoms with van der Waals surface area (Å²) in [5, 5.41) is 2.07. The van der Waals surface area contributed by atoms with Gasteiger partial charge in [-0.25, -0.2) is 13.1 Å². The van der Waals surface area contributed by atoms with Crippen molar-refractivity contribution in [3.8, 4) is 0 Å². The molecule has 2 aliphatic rings. The van der Waals surface area contributed by atoms with E-state index in [0.29, 0.717) is 6.54 Å². The molecule has 2 aliphatic heterocycles. The minimum absolute atomic E-state index is 0.00277. The molecule has 0 spiro atoms. The molecule has 8 heteroatoms. The zero-order valence-electron chi connectivity index (χ0n) is 14.0. The molecule has 1 atom stereocenters. The summed E-state index contributed by atoms with van der Waals surface area (Å²) in [6, 6.07) is 4.39. The molecule has 0 aliphatic carbocycles. The van der Waals surface area contributed by atoms with Gasteiger partial charge >= 0.3 is 0 Å². The lowest BCUT2D eigenvalue weighted by atomic mass is 10.1. The summed E-state index contributed by atoms with van der Waals surface area (Å²) in [4.78, 5) is 18.1. The van der Waals surface area contributed by atoms with Crippen molar-refractivity contribution < 1.29 is 13.2 Å². The zero-order valence-corrected chi connectivity index (χ0v) is 15.6. The van der Waals surface area contributed by atoms with Crippen molar-refractivity contribution in [1.29, 1.82) is 0 Å². The van der Waals surface area contributed by atoms with Crippen LogP contribution in [0, 0.1) is 0 Å². The third-order valence-corrected chi connectivity index (χ3v) is 6.51. The van der Waals surface area contributed by atoms with E-state index in [-0.39, 0.29) is 18.0 Å². The number of thiophene rings is 1. The zero-order chi connectivity index (χ0) is 17.2. The van der Waals surface area contributed by atoms with E-state index in [1.165, 1.54) is 11.1 Å². The summed E-state index contributed by atoms with van der Waals surface area (Å²) < 4.78 is 25.3. The second kappa shape index (κ2) is 7.51. The molecule has 3 rings (SSSR count). The van der Waals surface area contributed by atoms with Gasteiger partial charge in [0.2, 0.25) is 15.9 Å². The van der Waals surface area contributed by atoms with Gasteiger partial charge in [-0.2, -0.15) is 0 Å². The third kappa shape index (κ3) is 4.56. The van der Waals surface area contributed by atoms with Gasteiger partial charge in [-0.05, 0) is 37.1 Å². The summed E-state index contributed by atoms with van der Waals surface area (Å²) in [5.41, 5.74) is 0. The first kappa shape index (κ1) is 17.8. The highest BCUT2D eigenvalue weighted by Gasteiger charge is 2.32. The standard InChI is InChI=1S/C16H25N3O3S2/c1-24(21,22)17-13-6-9-18(10-7-13)12-16(20)19-8-2-4-14(19)15-5-3-11-23-15/h3,5,11,13-14,17H,2,4,6-10,12H2,1H3. The number of piperidine rings is 1. The molecule has 0 aromatic carbocycles. The van der Waals surface area contributed by atoms with Gasteiger partial charge in [-0.1, -0.05) is 6.07 Å². The fourth-order valence-corrected chi connectivity index (χ4v) is 5.35. The average Bonchev–Trinajstić information content (AvgIpc) is 3.18. The van der Waals surface area contributed by atoms with Crippen LogP contribution in [0.15, 0.2) is 17.5 Å². The number of nitrogens with zero attached hydrogens (tertiary/aromatic N) is 2. The van der Waals surface area contributed by atoms with Crippen molar-refractivity contribution >= 4 is 27.3 Å². The van der Waals surface area contributed by atoms with Crippen molar-refractivity contribution in [1.82, 2.24) is 14.5 Å². The molecule has 1 aromatic heterocycles. The highest BCUT2D eigenvalue weighted by molar-refractivity contribution is 7.88. The molecule has 0 radical (unpaired) electrons. The lowest BCUT2D eigenvalue weighted by Crippen LogP contribution is -2.47. The Morgan fingerprint density at radius 2 is 2.04 bits per heavy atom. The van der Waals surface area contributed by atoms with Crippen LogP contribution in [0.25, 0.3) is 0 Å². The number of amides is 1. The fraction of sp³-hybridized carbons (Fsp3) is 0.688. The smallest absolute Gasteiger partial charge is 0.237 e.